The summed E-state index contributed by atoms with van der Waals surface area (Å²) in [6, 6.07) is 17.7. The van der Waals surface area contributed by atoms with Crippen LogP contribution >= 0.6 is 0 Å². The molecule has 0 aliphatic carbocycles. The average molecular weight is 339 g/mol. The number of carbonyl (C=O) groups is 1. The number of anilines is 2. The zero-order valence-electron chi connectivity index (χ0n) is 14.8. The molecule has 0 aromatic heterocycles. The Bertz CT molecular complexity index is 697. The summed E-state index contributed by atoms with van der Waals surface area (Å²) in [5, 5.41) is 2.98. The molecule has 1 aliphatic heterocycles. The Balaban J connectivity index is 1.57. The molecule has 2 aromatic rings. The van der Waals surface area contributed by atoms with Crippen molar-refractivity contribution < 1.29 is 9.53 Å². The third-order valence-corrected chi connectivity index (χ3v) is 4.73. The SMILES string of the molecule is COc1ccccc1NC(=O)[C@@H](C)N1CCN(c2ccccc2)CC1. The summed E-state index contributed by atoms with van der Waals surface area (Å²) < 4.78 is 5.30. The minimum absolute atomic E-state index is 0.00217. The van der Waals surface area contributed by atoms with E-state index in [1.54, 1.807) is 7.11 Å². The van der Waals surface area contributed by atoms with Gasteiger partial charge in [0.25, 0.3) is 0 Å². The molecule has 5 nitrogen and oxygen atoms in total. The largest absolute Gasteiger partial charge is 0.495 e. The highest BCUT2D eigenvalue weighted by Crippen LogP contribution is 2.24. The van der Waals surface area contributed by atoms with Gasteiger partial charge in [-0.15, -0.1) is 0 Å². The van der Waals surface area contributed by atoms with E-state index in [1.165, 1.54) is 5.69 Å². The molecule has 0 saturated carbocycles. The quantitative estimate of drug-likeness (QED) is 0.910. The van der Waals surface area contributed by atoms with Crippen LogP contribution in [0.15, 0.2) is 54.6 Å². The molecule has 0 spiro atoms. The maximum Gasteiger partial charge on any atom is 0.241 e. The number of para-hydroxylation sites is 3. The van der Waals surface area contributed by atoms with Crippen LogP contribution in [0.3, 0.4) is 0 Å². The van der Waals surface area contributed by atoms with Crippen molar-refractivity contribution in [1.29, 1.82) is 0 Å². The molecule has 1 N–H and O–H groups in total. The van der Waals surface area contributed by atoms with Crippen LogP contribution in [0.1, 0.15) is 6.92 Å². The lowest BCUT2D eigenvalue weighted by molar-refractivity contribution is -0.120. The van der Waals surface area contributed by atoms with Gasteiger partial charge < -0.3 is 15.0 Å². The van der Waals surface area contributed by atoms with Crippen LogP contribution in [0.4, 0.5) is 11.4 Å². The van der Waals surface area contributed by atoms with E-state index in [0.29, 0.717) is 11.4 Å². The third-order valence-electron chi connectivity index (χ3n) is 4.73. The number of rotatable bonds is 5. The Labute approximate surface area is 149 Å². The van der Waals surface area contributed by atoms with Gasteiger partial charge in [0.2, 0.25) is 5.91 Å². The number of nitrogens with one attached hydrogen (secondary N) is 1. The van der Waals surface area contributed by atoms with Crippen molar-refractivity contribution in [2.45, 2.75) is 13.0 Å². The van der Waals surface area contributed by atoms with Crippen LogP contribution in [-0.2, 0) is 4.79 Å². The number of piperazine rings is 1. The highest BCUT2D eigenvalue weighted by Gasteiger charge is 2.26. The molecule has 5 heteroatoms. The Morgan fingerprint density at radius 2 is 1.64 bits per heavy atom. The molecule has 25 heavy (non-hydrogen) atoms. The van der Waals surface area contributed by atoms with E-state index in [-0.39, 0.29) is 11.9 Å². The van der Waals surface area contributed by atoms with Gasteiger partial charge in [0, 0.05) is 31.9 Å². The molecule has 1 atom stereocenters. The van der Waals surface area contributed by atoms with Crippen LogP contribution in [0.2, 0.25) is 0 Å². The monoisotopic (exact) mass is 339 g/mol. The van der Waals surface area contributed by atoms with Crippen molar-refractivity contribution in [2.24, 2.45) is 0 Å². The van der Waals surface area contributed by atoms with E-state index in [1.807, 2.05) is 37.3 Å². The van der Waals surface area contributed by atoms with Crippen molar-refractivity contribution in [2.75, 3.05) is 43.5 Å². The molecule has 0 radical (unpaired) electrons. The predicted octanol–water partition coefficient (Wildman–Crippen LogP) is 2.84. The number of methoxy groups -OCH3 is 1. The number of hydrogen-bond acceptors (Lipinski definition) is 4. The summed E-state index contributed by atoms with van der Waals surface area (Å²) >= 11 is 0. The van der Waals surface area contributed by atoms with Gasteiger partial charge in [-0.3, -0.25) is 9.69 Å². The van der Waals surface area contributed by atoms with E-state index in [4.69, 9.17) is 4.74 Å². The van der Waals surface area contributed by atoms with Gasteiger partial charge >= 0.3 is 0 Å². The fourth-order valence-electron chi connectivity index (χ4n) is 3.16. The van der Waals surface area contributed by atoms with Gasteiger partial charge in [0.15, 0.2) is 0 Å². The molecule has 1 aliphatic rings. The summed E-state index contributed by atoms with van der Waals surface area (Å²) in [4.78, 5) is 17.2. The van der Waals surface area contributed by atoms with Crippen molar-refractivity contribution >= 4 is 17.3 Å². The zero-order chi connectivity index (χ0) is 17.6. The molecular weight excluding hydrogens is 314 g/mol. The van der Waals surface area contributed by atoms with Crippen LogP contribution in [-0.4, -0.2) is 50.1 Å². The van der Waals surface area contributed by atoms with Gasteiger partial charge in [0.05, 0.1) is 18.8 Å². The first-order chi connectivity index (χ1) is 12.2. The van der Waals surface area contributed by atoms with Crippen LogP contribution in [0, 0.1) is 0 Å². The standard InChI is InChI=1S/C20H25N3O2/c1-16(20(24)21-18-10-6-7-11-19(18)25-2)22-12-14-23(15-13-22)17-8-4-3-5-9-17/h3-11,16H,12-15H2,1-2H3,(H,21,24)/t16-/m1/s1. The maximum absolute atomic E-state index is 12.6. The van der Waals surface area contributed by atoms with E-state index in [0.717, 1.165) is 26.2 Å². The Morgan fingerprint density at radius 1 is 1.00 bits per heavy atom. The zero-order valence-corrected chi connectivity index (χ0v) is 14.8. The fraction of sp³-hybridized carbons (Fsp3) is 0.350. The summed E-state index contributed by atoms with van der Waals surface area (Å²) in [5.41, 5.74) is 1.96. The molecule has 1 fully saturated rings. The molecule has 1 saturated heterocycles. The molecular formula is C20H25N3O2. The van der Waals surface area contributed by atoms with E-state index < -0.39 is 0 Å². The number of benzene rings is 2. The number of nitrogens with zero attached hydrogens (tertiary/aromatic N) is 2. The number of amides is 1. The second-order valence-corrected chi connectivity index (χ2v) is 6.22. The summed E-state index contributed by atoms with van der Waals surface area (Å²) in [6.07, 6.45) is 0. The molecule has 2 aromatic carbocycles. The van der Waals surface area contributed by atoms with Crippen LogP contribution in [0.25, 0.3) is 0 Å². The first-order valence-electron chi connectivity index (χ1n) is 8.67. The minimum Gasteiger partial charge on any atom is -0.495 e. The lowest BCUT2D eigenvalue weighted by atomic mass is 10.2. The Kier molecular flexibility index (Phi) is 5.56. The van der Waals surface area contributed by atoms with E-state index in [9.17, 15) is 4.79 Å². The Hall–Kier alpha value is -2.53. The van der Waals surface area contributed by atoms with Gasteiger partial charge in [-0.2, -0.15) is 0 Å². The number of ether oxygens (including phenoxy) is 1. The van der Waals surface area contributed by atoms with E-state index in [2.05, 4.69) is 39.4 Å². The second kappa shape index (κ2) is 8.03. The first-order valence-corrected chi connectivity index (χ1v) is 8.67. The highest BCUT2D eigenvalue weighted by atomic mass is 16.5. The first kappa shape index (κ1) is 17.3. The van der Waals surface area contributed by atoms with Gasteiger partial charge in [-0.1, -0.05) is 30.3 Å². The lowest BCUT2D eigenvalue weighted by Gasteiger charge is -2.38. The topological polar surface area (TPSA) is 44.8 Å². The minimum atomic E-state index is -0.178. The van der Waals surface area contributed by atoms with Crippen molar-refractivity contribution in [3.8, 4) is 5.75 Å². The highest BCUT2D eigenvalue weighted by molar-refractivity contribution is 5.95. The number of carbonyl (C=O) groups excluding carboxylic acids is 1. The molecule has 1 heterocycles. The fourth-order valence-corrected chi connectivity index (χ4v) is 3.16. The summed E-state index contributed by atoms with van der Waals surface area (Å²) in [7, 11) is 1.61. The van der Waals surface area contributed by atoms with Crippen LogP contribution in [0.5, 0.6) is 5.75 Å². The third kappa shape index (κ3) is 4.12. The molecule has 0 unspecified atom stereocenters. The average Bonchev–Trinajstić information content (AvgIpc) is 2.68. The van der Waals surface area contributed by atoms with Crippen molar-refractivity contribution in [1.82, 2.24) is 4.90 Å². The van der Waals surface area contributed by atoms with Gasteiger partial charge in [0.1, 0.15) is 5.75 Å². The maximum atomic E-state index is 12.6. The summed E-state index contributed by atoms with van der Waals surface area (Å²) in [6.45, 7) is 5.56. The van der Waals surface area contributed by atoms with Crippen molar-refractivity contribution in [3.05, 3.63) is 54.6 Å². The lowest BCUT2D eigenvalue weighted by Crippen LogP contribution is -2.52. The van der Waals surface area contributed by atoms with Gasteiger partial charge in [-0.05, 0) is 31.2 Å². The molecule has 1 amide bonds. The molecule has 132 valence electrons. The van der Waals surface area contributed by atoms with E-state index >= 15 is 0 Å². The number of hydrogen-bond donors (Lipinski definition) is 1. The second-order valence-electron chi connectivity index (χ2n) is 6.22. The molecule has 0 bridgehead atoms. The molecule has 3 rings (SSSR count). The smallest absolute Gasteiger partial charge is 0.241 e. The summed E-state index contributed by atoms with van der Waals surface area (Å²) in [5.74, 6) is 0.676. The van der Waals surface area contributed by atoms with Crippen LogP contribution < -0.4 is 15.0 Å². The van der Waals surface area contributed by atoms with Gasteiger partial charge in [-0.25, -0.2) is 0 Å². The normalized spacial score (nSPS) is 16.3. The van der Waals surface area contributed by atoms with Crippen molar-refractivity contribution in [3.63, 3.8) is 0 Å². The Morgan fingerprint density at radius 3 is 2.32 bits per heavy atom. The predicted molar refractivity (Wildman–Crippen MR) is 101 cm³/mol.